The van der Waals surface area contributed by atoms with E-state index in [0.717, 1.165) is 23.0 Å². The molecule has 0 unspecified atom stereocenters. The molecule has 2 N–H and O–H groups in total. The topological polar surface area (TPSA) is 42.2 Å². The smallest absolute Gasteiger partial charge is 0.185 e. The molecule has 4 heteroatoms. The third kappa shape index (κ3) is 3.09. The molecule has 2 rings (SSSR count). The second kappa shape index (κ2) is 5.98. The van der Waals surface area contributed by atoms with Gasteiger partial charge in [-0.1, -0.05) is 24.3 Å². The van der Waals surface area contributed by atoms with Crippen LogP contribution in [0, 0.1) is 6.92 Å². The van der Waals surface area contributed by atoms with Crippen LogP contribution in [-0.2, 0) is 13.0 Å². The second-order valence-corrected chi connectivity index (χ2v) is 5.50. The van der Waals surface area contributed by atoms with Gasteiger partial charge in [0, 0.05) is 31.2 Å². The minimum absolute atomic E-state index is 0.573. The minimum atomic E-state index is 0.573. The second-order valence-electron chi connectivity index (χ2n) is 4.41. The summed E-state index contributed by atoms with van der Waals surface area (Å²) in [4.78, 5) is 7.71. The van der Waals surface area contributed by atoms with Crippen molar-refractivity contribution in [2.24, 2.45) is 5.73 Å². The van der Waals surface area contributed by atoms with E-state index in [1.807, 2.05) is 6.20 Å². The Kier molecular flexibility index (Phi) is 4.33. The van der Waals surface area contributed by atoms with Gasteiger partial charge >= 0.3 is 0 Å². The van der Waals surface area contributed by atoms with Gasteiger partial charge in [-0.05, 0) is 24.5 Å². The van der Waals surface area contributed by atoms with Crippen molar-refractivity contribution in [1.29, 1.82) is 0 Å². The van der Waals surface area contributed by atoms with Crippen molar-refractivity contribution >= 4 is 16.5 Å². The van der Waals surface area contributed by atoms with Crippen molar-refractivity contribution in [3.8, 4) is 0 Å². The highest BCUT2D eigenvalue weighted by Gasteiger charge is 2.07. The van der Waals surface area contributed by atoms with Crippen LogP contribution < -0.4 is 10.6 Å². The van der Waals surface area contributed by atoms with Gasteiger partial charge in [-0.25, -0.2) is 4.98 Å². The summed E-state index contributed by atoms with van der Waals surface area (Å²) in [5, 5.41) is 1.05. The summed E-state index contributed by atoms with van der Waals surface area (Å²) >= 11 is 1.67. The van der Waals surface area contributed by atoms with Crippen LogP contribution in [0.15, 0.2) is 30.5 Å². The van der Waals surface area contributed by atoms with Crippen LogP contribution in [0.3, 0.4) is 0 Å². The molecule has 0 fully saturated rings. The van der Waals surface area contributed by atoms with Gasteiger partial charge in [-0.3, -0.25) is 0 Å². The van der Waals surface area contributed by atoms with Crippen LogP contribution >= 0.6 is 11.3 Å². The SMILES string of the molecule is Cc1ccccc1CCN(C)c1ncc(CN)s1. The van der Waals surface area contributed by atoms with E-state index in [0.29, 0.717) is 6.54 Å². The molecule has 1 aromatic carbocycles. The van der Waals surface area contributed by atoms with Gasteiger partial charge < -0.3 is 10.6 Å². The molecule has 2 aromatic rings. The van der Waals surface area contributed by atoms with Crippen molar-refractivity contribution < 1.29 is 0 Å². The standard InChI is InChI=1S/C14H19N3S/c1-11-5-3-4-6-12(11)7-8-17(2)14-16-10-13(9-15)18-14/h3-6,10H,7-9,15H2,1-2H3. The lowest BCUT2D eigenvalue weighted by Crippen LogP contribution is -2.20. The summed E-state index contributed by atoms with van der Waals surface area (Å²) < 4.78 is 0. The van der Waals surface area contributed by atoms with Crippen molar-refractivity contribution in [2.75, 3.05) is 18.5 Å². The molecule has 0 bridgehead atoms. The Morgan fingerprint density at radius 2 is 2.11 bits per heavy atom. The fourth-order valence-corrected chi connectivity index (χ4v) is 2.62. The molecule has 0 spiro atoms. The van der Waals surface area contributed by atoms with Gasteiger partial charge in [0.1, 0.15) is 0 Å². The summed E-state index contributed by atoms with van der Waals surface area (Å²) in [7, 11) is 2.08. The van der Waals surface area contributed by atoms with Gasteiger partial charge in [0.15, 0.2) is 5.13 Å². The number of anilines is 1. The van der Waals surface area contributed by atoms with Crippen molar-refractivity contribution in [1.82, 2.24) is 4.98 Å². The van der Waals surface area contributed by atoms with Crippen LogP contribution in [0.1, 0.15) is 16.0 Å². The molecule has 1 aromatic heterocycles. The summed E-state index contributed by atoms with van der Waals surface area (Å²) in [6.07, 6.45) is 2.91. The first-order chi connectivity index (χ1) is 8.70. The van der Waals surface area contributed by atoms with Gasteiger partial charge in [0.05, 0.1) is 0 Å². The first-order valence-corrected chi connectivity index (χ1v) is 6.92. The number of rotatable bonds is 5. The molecule has 0 aliphatic heterocycles. The molecule has 0 atom stereocenters. The summed E-state index contributed by atoms with van der Waals surface area (Å²) in [6.45, 7) is 3.71. The number of hydrogen-bond acceptors (Lipinski definition) is 4. The average Bonchev–Trinajstić information content (AvgIpc) is 2.86. The minimum Gasteiger partial charge on any atom is -0.351 e. The lowest BCUT2D eigenvalue weighted by molar-refractivity contribution is 0.866. The number of aromatic nitrogens is 1. The van der Waals surface area contributed by atoms with E-state index in [4.69, 9.17) is 5.73 Å². The number of thiazole rings is 1. The lowest BCUT2D eigenvalue weighted by Gasteiger charge is -2.16. The Morgan fingerprint density at radius 1 is 1.33 bits per heavy atom. The highest BCUT2D eigenvalue weighted by molar-refractivity contribution is 7.15. The molecule has 18 heavy (non-hydrogen) atoms. The third-order valence-corrected chi connectivity index (χ3v) is 4.18. The van der Waals surface area contributed by atoms with Crippen molar-refractivity contribution in [2.45, 2.75) is 19.9 Å². The van der Waals surface area contributed by atoms with E-state index < -0.39 is 0 Å². The van der Waals surface area contributed by atoms with E-state index in [2.05, 4.69) is 48.1 Å². The highest BCUT2D eigenvalue weighted by Crippen LogP contribution is 2.21. The predicted molar refractivity (Wildman–Crippen MR) is 78.2 cm³/mol. The normalized spacial score (nSPS) is 10.6. The largest absolute Gasteiger partial charge is 0.351 e. The maximum atomic E-state index is 5.60. The predicted octanol–water partition coefficient (Wildman–Crippen LogP) is 2.59. The zero-order valence-corrected chi connectivity index (χ0v) is 11.7. The molecule has 1 heterocycles. The molecular weight excluding hydrogens is 242 g/mol. The Bertz CT molecular complexity index is 507. The Morgan fingerprint density at radius 3 is 2.78 bits per heavy atom. The molecular formula is C14H19N3S. The number of hydrogen-bond donors (Lipinski definition) is 1. The van der Waals surface area contributed by atoms with Crippen molar-refractivity contribution in [3.63, 3.8) is 0 Å². The van der Waals surface area contributed by atoms with Gasteiger partial charge in [-0.2, -0.15) is 0 Å². The van der Waals surface area contributed by atoms with E-state index in [9.17, 15) is 0 Å². The van der Waals surface area contributed by atoms with Crippen LogP contribution in [-0.4, -0.2) is 18.6 Å². The number of likely N-dealkylation sites (N-methyl/N-ethyl adjacent to an activating group) is 1. The molecule has 0 aliphatic rings. The Balaban J connectivity index is 1.96. The van der Waals surface area contributed by atoms with Crippen LogP contribution in [0.4, 0.5) is 5.13 Å². The molecule has 0 saturated heterocycles. The summed E-state index contributed by atoms with van der Waals surface area (Å²) in [5.41, 5.74) is 8.36. The number of nitrogens with two attached hydrogens (primary N) is 1. The first kappa shape index (κ1) is 13.1. The fraction of sp³-hybridized carbons (Fsp3) is 0.357. The molecule has 0 saturated carbocycles. The quantitative estimate of drug-likeness (QED) is 0.899. The summed E-state index contributed by atoms with van der Waals surface area (Å²) in [6, 6.07) is 8.52. The monoisotopic (exact) mass is 261 g/mol. The molecule has 3 nitrogen and oxygen atoms in total. The third-order valence-electron chi connectivity index (χ3n) is 3.05. The van der Waals surface area contributed by atoms with Gasteiger partial charge in [0.2, 0.25) is 0 Å². The van der Waals surface area contributed by atoms with Gasteiger partial charge in [-0.15, -0.1) is 11.3 Å². The highest BCUT2D eigenvalue weighted by atomic mass is 32.1. The molecule has 96 valence electrons. The van der Waals surface area contributed by atoms with E-state index in [1.165, 1.54) is 11.1 Å². The van der Waals surface area contributed by atoms with E-state index in [-0.39, 0.29) is 0 Å². The van der Waals surface area contributed by atoms with Crippen LogP contribution in [0.25, 0.3) is 0 Å². The van der Waals surface area contributed by atoms with E-state index in [1.54, 1.807) is 11.3 Å². The zero-order chi connectivity index (χ0) is 13.0. The lowest BCUT2D eigenvalue weighted by atomic mass is 10.1. The number of nitrogens with zero attached hydrogens (tertiary/aromatic N) is 2. The van der Waals surface area contributed by atoms with Crippen LogP contribution in [0.5, 0.6) is 0 Å². The number of benzene rings is 1. The Labute approximate surface area is 112 Å². The fourth-order valence-electron chi connectivity index (χ4n) is 1.84. The average molecular weight is 261 g/mol. The molecule has 0 amide bonds. The van der Waals surface area contributed by atoms with Gasteiger partial charge in [0.25, 0.3) is 0 Å². The first-order valence-electron chi connectivity index (χ1n) is 6.11. The van der Waals surface area contributed by atoms with E-state index >= 15 is 0 Å². The van der Waals surface area contributed by atoms with Crippen molar-refractivity contribution in [3.05, 3.63) is 46.5 Å². The number of aryl methyl sites for hydroxylation is 1. The zero-order valence-electron chi connectivity index (χ0n) is 10.9. The Hall–Kier alpha value is -1.39. The molecule has 0 aliphatic carbocycles. The molecule has 0 radical (unpaired) electrons. The maximum Gasteiger partial charge on any atom is 0.185 e. The maximum absolute atomic E-state index is 5.60. The van der Waals surface area contributed by atoms with Crippen LogP contribution in [0.2, 0.25) is 0 Å². The summed E-state index contributed by atoms with van der Waals surface area (Å²) in [5.74, 6) is 0.